The van der Waals surface area contributed by atoms with Gasteiger partial charge in [0.2, 0.25) is 0 Å². The number of benzene rings is 1. The molecule has 3 N–H and O–H groups in total. The van der Waals surface area contributed by atoms with Crippen LogP contribution in [-0.2, 0) is 6.54 Å². The normalized spacial score (nSPS) is 14.4. The SMILES string of the molecule is CN1CCN(Cc2ccc(NC(=O)c3n[nH]c4ccc(-c5cncc(NC(=O)N(C)C)c5)cc34)cn2)CC1. The number of fused-ring (bicyclic) bond motifs is 1. The molecule has 0 spiro atoms. The molecule has 1 aliphatic heterocycles. The zero-order valence-corrected chi connectivity index (χ0v) is 21.7. The van der Waals surface area contributed by atoms with Crippen molar-refractivity contribution in [2.24, 2.45) is 0 Å². The number of urea groups is 1. The van der Waals surface area contributed by atoms with E-state index in [4.69, 9.17) is 0 Å². The lowest BCUT2D eigenvalue weighted by molar-refractivity contribution is 0.102. The van der Waals surface area contributed by atoms with Gasteiger partial charge in [0.15, 0.2) is 5.69 Å². The van der Waals surface area contributed by atoms with E-state index in [1.165, 1.54) is 4.90 Å². The van der Waals surface area contributed by atoms with Crippen molar-refractivity contribution in [2.45, 2.75) is 6.54 Å². The predicted octanol–water partition coefficient (Wildman–Crippen LogP) is 3.11. The molecule has 1 saturated heterocycles. The molecule has 5 rings (SSSR count). The minimum absolute atomic E-state index is 0.241. The average molecular weight is 514 g/mol. The minimum atomic E-state index is -0.327. The summed E-state index contributed by atoms with van der Waals surface area (Å²) in [7, 11) is 5.48. The van der Waals surface area contributed by atoms with Crippen molar-refractivity contribution in [1.29, 1.82) is 0 Å². The topological polar surface area (TPSA) is 122 Å². The summed E-state index contributed by atoms with van der Waals surface area (Å²) in [5.41, 5.74) is 4.83. The minimum Gasteiger partial charge on any atom is -0.331 e. The highest BCUT2D eigenvalue weighted by molar-refractivity contribution is 6.11. The Labute approximate surface area is 220 Å². The van der Waals surface area contributed by atoms with E-state index in [0.29, 0.717) is 16.8 Å². The van der Waals surface area contributed by atoms with Crippen molar-refractivity contribution in [2.75, 3.05) is 58.0 Å². The van der Waals surface area contributed by atoms with Crippen molar-refractivity contribution in [3.63, 3.8) is 0 Å². The fourth-order valence-electron chi connectivity index (χ4n) is 4.29. The second kappa shape index (κ2) is 11.0. The molecule has 4 aromatic rings. The number of piperazine rings is 1. The summed E-state index contributed by atoms with van der Waals surface area (Å²) in [6, 6.07) is 11.1. The Hall–Kier alpha value is -4.35. The van der Waals surface area contributed by atoms with Crippen molar-refractivity contribution < 1.29 is 9.59 Å². The largest absolute Gasteiger partial charge is 0.331 e. The molecule has 38 heavy (non-hydrogen) atoms. The first kappa shape index (κ1) is 25.3. The van der Waals surface area contributed by atoms with Crippen LogP contribution >= 0.6 is 0 Å². The molecule has 3 aromatic heterocycles. The molecule has 1 fully saturated rings. The molecular weight excluding hydrogens is 482 g/mol. The average Bonchev–Trinajstić information content (AvgIpc) is 3.35. The Morgan fingerprint density at radius 2 is 1.76 bits per heavy atom. The summed E-state index contributed by atoms with van der Waals surface area (Å²) in [6.45, 7) is 4.96. The number of carbonyl (C=O) groups is 2. The highest BCUT2D eigenvalue weighted by atomic mass is 16.2. The number of amides is 3. The first-order valence-corrected chi connectivity index (χ1v) is 12.4. The number of hydrogen-bond acceptors (Lipinski definition) is 7. The van der Waals surface area contributed by atoms with Crippen LogP contribution in [0.1, 0.15) is 16.2 Å². The Morgan fingerprint density at radius 1 is 0.947 bits per heavy atom. The molecule has 3 amide bonds. The van der Waals surface area contributed by atoms with Gasteiger partial charge in [-0.05, 0) is 42.9 Å². The first-order valence-electron chi connectivity index (χ1n) is 12.4. The zero-order valence-electron chi connectivity index (χ0n) is 21.7. The Balaban J connectivity index is 1.29. The third-order valence-electron chi connectivity index (χ3n) is 6.57. The van der Waals surface area contributed by atoms with Crippen LogP contribution in [0.4, 0.5) is 16.2 Å². The highest BCUT2D eigenvalue weighted by Gasteiger charge is 2.17. The van der Waals surface area contributed by atoms with Gasteiger partial charge in [-0.15, -0.1) is 0 Å². The van der Waals surface area contributed by atoms with E-state index in [0.717, 1.165) is 55.1 Å². The van der Waals surface area contributed by atoms with Crippen molar-refractivity contribution in [1.82, 2.24) is 34.9 Å². The Morgan fingerprint density at radius 3 is 2.50 bits per heavy atom. The molecular formula is C27H31N9O2. The van der Waals surface area contributed by atoms with E-state index in [1.807, 2.05) is 36.4 Å². The van der Waals surface area contributed by atoms with Crippen LogP contribution in [-0.4, -0.2) is 94.1 Å². The van der Waals surface area contributed by atoms with Crippen molar-refractivity contribution in [3.05, 3.63) is 66.4 Å². The van der Waals surface area contributed by atoms with E-state index < -0.39 is 0 Å². The maximum absolute atomic E-state index is 13.1. The Kier molecular flexibility index (Phi) is 7.29. The fourth-order valence-corrected chi connectivity index (χ4v) is 4.29. The maximum Gasteiger partial charge on any atom is 0.321 e. The number of likely N-dealkylation sites (N-methyl/N-ethyl adjacent to an activating group) is 1. The number of nitrogens with zero attached hydrogens (tertiary/aromatic N) is 6. The maximum atomic E-state index is 13.1. The van der Waals surface area contributed by atoms with Gasteiger partial charge in [-0.2, -0.15) is 5.10 Å². The number of hydrogen-bond donors (Lipinski definition) is 3. The van der Waals surface area contributed by atoms with E-state index in [9.17, 15) is 9.59 Å². The van der Waals surface area contributed by atoms with Gasteiger partial charge in [0.25, 0.3) is 5.91 Å². The first-order chi connectivity index (χ1) is 18.4. The molecule has 0 radical (unpaired) electrons. The number of pyridine rings is 2. The summed E-state index contributed by atoms with van der Waals surface area (Å²) in [5, 5.41) is 13.6. The van der Waals surface area contributed by atoms with Gasteiger partial charge in [-0.3, -0.25) is 24.8 Å². The van der Waals surface area contributed by atoms with E-state index >= 15 is 0 Å². The van der Waals surface area contributed by atoms with Crippen LogP contribution in [0, 0.1) is 0 Å². The predicted molar refractivity (Wildman–Crippen MR) is 147 cm³/mol. The number of anilines is 2. The van der Waals surface area contributed by atoms with Crippen molar-refractivity contribution in [3.8, 4) is 11.1 Å². The van der Waals surface area contributed by atoms with Gasteiger partial charge >= 0.3 is 6.03 Å². The summed E-state index contributed by atoms with van der Waals surface area (Å²) in [5.74, 6) is -0.327. The molecule has 0 atom stereocenters. The summed E-state index contributed by atoms with van der Waals surface area (Å²) >= 11 is 0. The lowest BCUT2D eigenvalue weighted by Gasteiger charge is -2.32. The number of aromatic nitrogens is 4. The smallest absolute Gasteiger partial charge is 0.321 e. The van der Waals surface area contributed by atoms with Gasteiger partial charge in [0.05, 0.1) is 35.0 Å². The molecule has 1 aromatic carbocycles. The fraction of sp³-hybridized carbons (Fsp3) is 0.296. The second-order valence-electron chi connectivity index (χ2n) is 9.69. The van der Waals surface area contributed by atoms with Crippen LogP contribution in [0.25, 0.3) is 22.0 Å². The quantitative estimate of drug-likeness (QED) is 0.362. The molecule has 0 bridgehead atoms. The van der Waals surface area contributed by atoms with Gasteiger partial charge < -0.3 is 20.4 Å². The van der Waals surface area contributed by atoms with Crippen LogP contribution < -0.4 is 10.6 Å². The van der Waals surface area contributed by atoms with Gasteiger partial charge in [0, 0.05) is 64.0 Å². The summed E-state index contributed by atoms with van der Waals surface area (Å²) in [4.78, 5) is 40.1. The van der Waals surface area contributed by atoms with Crippen LogP contribution in [0.5, 0.6) is 0 Å². The number of aromatic amines is 1. The van der Waals surface area contributed by atoms with Crippen molar-refractivity contribution >= 4 is 34.2 Å². The molecule has 4 heterocycles. The molecule has 11 nitrogen and oxygen atoms in total. The van der Waals surface area contributed by atoms with Crippen LogP contribution in [0.2, 0.25) is 0 Å². The standard InChI is InChI=1S/C27H31N9O2/c1-34(2)27(38)31-22-12-19(14-28-15-22)18-4-7-24-23(13-18)25(33-32-24)26(37)30-20-5-6-21(29-16-20)17-36-10-8-35(3)9-11-36/h4-7,12-16H,8-11,17H2,1-3H3,(H,30,37)(H,31,38)(H,32,33). The Bertz CT molecular complexity index is 1440. The number of carbonyl (C=O) groups excluding carboxylic acids is 2. The van der Waals surface area contributed by atoms with Crippen LogP contribution in [0.3, 0.4) is 0 Å². The number of rotatable bonds is 6. The monoisotopic (exact) mass is 513 g/mol. The zero-order chi connectivity index (χ0) is 26.6. The number of H-pyrrole nitrogens is 1. The molecule has 0 saturated carbocycles. The van der Waals surface area contributed by atoms with Gasteiger partial charge in [-0.25, -0.2) is 4.79 Å². The van der Waals surface area contributed by atoms with Crippen LogP contribution in [0.15, 0.2) is 55.0 Å². The molecule has 0 aliphatic carbocycles. The van der Waals surface area contributed by atoms with E-state index in [1.54, 1.807) is 32.7 Å². The third-order valence-corrected chi connectivity index (χ3v) is 6.57. The van der Waals surface area contributed by atoms with Gasteiger partial charge in [-0.1, -0.05) is 6.07 Å². The summed E-state index contributed by atoms with van der Waals surface area (Å²) in [6.07, 6.45) is 4.98. The lowest BCUT2D eigenvalue weighted by Crippen LogP contribution is -2.43. The molecule has 0 unspecified atom stereocenters. The van der Waals surface area contributed by atoms with E-state index in [-0.39, 0.29) is 17.6 Å². The second-order valence-corrected chi connectivity index (χ2v) is 9.69. The third kappa shape index (κ3) is 5.79. The van der Waals surface area contributed by atoms with Gasteiger partial charge in [0.1, 0.15) is 0 Å². The van der Waals surface area contributed by atoms with E-state index in [2.05, 4.69) is 47.6 Å². The molecule has 11 heteroatoms. The molecule has 196 valence electrons. The molecule has 1 aliphatic rings. The number of nitrogens with one attached hydrogen (secondary N) is 3. The lowest BCUT2D eigenvalue weighted by atomic mass is 10.0. The highest BCUT2D eigenvalue weighted by Crippen LogP contribution is 2.27. The summed E-state index contributed by atoms with van der Waals surface area (Å²) < 4.78 is 0.